The van der Waals surface area contributed by atoms with E-state index in [2.05, 4.69) is 0 Å². The van der Waals surface area contributed by atoms with Gasteiger partial charge in [0.1, 0.15) is 0 Å². The number of carbonyl (C=O) groups is 2. The van der Waals surface area contributed by atoms with Gasteiger partial charge < -0.3 is 14.7 Å². The van der Waals surface area contributed by atoms with E-state index in [0.717, 1.165) is 18.4 Å². The van der Waals surface area contributed by atoms with E-state index < -0.39 is 18.2 Å². The van der Waals surface area contributed by atoms with Gasteiger partial charge in [-0.3, -0.25) is 0 Å². The molecule has 0 saturated carbocycles. The van der Waals surface area contributed by atoms with Crippen LogP contribution in [0.4, 0.5) is 4.79 Å². The first-order chi connectivity index (χ1) is 9.16. The zero-order valence-corrected chi connectivity index (χ0v) is 10.6. The molecule has 1 aromatic rings. The minimum Gasteiger partial charge on any atom is -0.478 e. The van der Waals surface area contributed by atoms with Crippen LogP contribution in [0.3, 0.4) is 0 Å². The number of rotatable bonds is 4. The Hall–Kier alpha value is -2.04. The highest BCUT2D eigenvalue weighted by atomic mass is 16.6. The third-order valence-electron chi connectivity index (χ3n) is 3.15. The molecular weight excluding hydrogens is 246 g/mol. The van der Waals surface area contributed by atoms with Gasteiger partial charge in [-0.25, -0.2) is 9.59 Å². The molecule has 0 spiro atoms. The van der Waals surface area contributed by atoms with Gasteiger partial charge in [-0.1, -0.05) is 30.3 Å². The van der Waals surface area contributed by atoms with Crippen molar-refractivity contribution in [2.75, 3.05) is 13.1 Å². The van der Waals surface area contributed by atoms with Gasteiger partial charge in [0.2, 0.25) is 6.10 Å². The van der Waals surface area contributed by atoms with Gasteiger partial charge >= 0.3 is 12.1 Å². The molecule has 0 radical (unpaired) electrons. The Bertz CT molecular complexity index is 440. The average Bonchev–Trinajstić information content (AvgIpc) is 2.93. The van der Waals surface area contributed by atoms with E-state index in [1.807, 2.05) is 30.3 Å². The molecule has 102 valence electrons. The number of likely N-dealkylation sites (tertiary alicyclic amines) is 1. The van der Waals surface area contributed by atoms with Crippen molar-refractivity contribution in [3.63, 3.8) is 0 Å². The minimum atomic E-state index is -1.13. The normalized spacial score (nSPS) is 16.1. The quantitative estimate of drug-likeness (QED) is 0.901. The summed E-state index contributed by atoms with van der Waals surface area (Å²) in [7, 11) is 0. The monoisotopic (exact) mass is 263 g/mol. The topological polar surface area (TPSA) is 66.8 Å². The van der Waals surface area contributed by atoms with E-state index in [-0.39, 0.29) is 6.42 Å². The third-order valence-corrected chi connectivity index (χ3v) is 3.15. The van der Waals surface area contributed by atoms with E-state index in [9.17, 15) is 9.59 Å². The van der Waals surface area contributed by atoms with Crippen molar-refractivity contribution in [1.82, 2.24) is 4.90 Å². The van der Waals surface area contributed by atoms with Gasteiger partial charge in [-0.2, -0.15) is 0 Å². The van der Waals surface area contributed by atoms with Crippen LogP contribution >= 0.6 is 0 Å². The average molecular weight is 263 g/mol. The van der Waals surface area contributed by atoms with Crippen molar-refractivity contribution in [2.24, 2.45) is 0 Å². The lowest BCUT2D eigenvalue weighted by Crippen LogP contribution is -2.36. The van der Waals surface area contributed by atoms with Crippen LogP contribution in [-0.2, 0) is 16.0 Å². The highest BCUT2D eigenvalue weighted by Gasteiger charge is 2.27. The molecule has 1 aliphatic heterocycles. The van der Waals surface area contributed by atoms with Crippen molar-refractivity contribution >= 4 is 12.1 Å². The molecule has 1 aliphatic rings. The van der Waals surface area contributed by atoms with Crippen LogP contribution < -0.4 is 0 Å². The second kappa shape index (κ2) is 6.22. The fourth-order valence-corrected chi connectivity index (χ4v) is 2.10. The Morgan fingerprint density at radius 1 is 1.21 bits per heavy atom. The highest BCUT2D eigenvalue weighted by molar-refractivity contribution is 5.77. The number of carboxylic acids is 1. The largest absolute Gasteiger partial charge is 0.478 e. The van der Waals surface area contributed by atoms with E-state index >= 15 is 0 Å². The first kappa shape index (κ1) is 13.4. The first-order valence-corrected chi connectivity index (χ1v) is 6.39. The van der Waals surface area contributed by atoms with Gasteiger partial charge in [0.25, 0.3) is 0 Å². The van der Waals surface area contributed by atoms with E-state index in [0.29, 0.717) is 13.1 Å². The van der Waals surface area contributed by atoms with Crippen molar-refractivity contribution in [3.8, 4) is 0 Å². The predicted octanol–water partition coefficient (Wildman–Crippen LogP) is 1.91. The van der Waals surface area contributed by atoms with Crippen LogP contribution in [0.15, 0.2) is 30.3 Å². The Kier molecular flexibility index (Phi) is 4.39. The van der Waals surface area contributed by atoms with Crippen LogP contribution in [0.1, 0.15) is 18.4 Å². The second-order valence-electron chi connectivity index (χ2n) is 4.59. The summed E-state index contributed by atoms with van der Waals surface area (Å²) in [6.07, 6.45) is 0.434. The summed E-state index contributed by atoms with van der Waals surface area (Å²) in [6, 6.07) is 9.15. The predicted molar refractivity (Wildman–Crippen MR) is 68.9 cm³/mol. The molecule has 0 bridgehead atoms. The number of nitrogens with zero attached hydrogens (tertiary/aromatic N) is 1. The number of ether oxygens (including phenoxy) is 1. The molecule has 19 heavy (non-hydrogen) atoms. The van der Waals surface area contributed by atoms with Gasteiger partial charge in [0.15, 0.2) is 0 Å². The molecule has 1 saturated heterocycles. The number of benzene rings is 1. The summed E-state index contributed by atoms with van der Waals surface area (Å²) in [4.78, 5) is 24.5. The van der Waals surface area contributed by atoms with Crippen LogP contribution in [0, 0.1) is 0 Å². The molecule has 5 heteroatoms. The molecule has 2 rings (SSSR count). The van der Waals surface area contributed by atoms with Gasteiger partial charge in [-0.15, -0.1) is 0 Å². The summed E-state index contributed by atoms with van der Waals surface area (Å²) in [6.45, 7) is 1.30. The van der Waals surface area contributed by atoms with E-state index in [1.165, 1.54) is 0 Å². The van der Waals surface area contributed by atoms with Crippen molar-refractivity contribution in [3.05, 3.63) is 35.9 Å². The molecule has 1 N–H and O–H groups in total. The Labute approximate surface area is 111 Å². The standard InChI is InChI=1S/C14H17NO4/c16-13(17)12(10-11-6-2-1-3-7-11)19-14(18)15-8-4-5-9-15/h1-3,6-7,12H,4-5,8-10H2,(H,16,17)/t12-/m0/s1. The molecule has 1 atom stereocenters. The number of hydrogen-bond acceptors (Lipinski definition) is 3. The highest BCUT2D eigenvalue weighted by Crippen LogP contribution is 2.12. The van der Waals surface area contributed by atoms with E-state index in [1.54, 1.807) is 4.90 Å². The lowest BCUT2D eigenvalue weighted by molar-refractivity contribution is -0.147. The molecule has 0 aromatic heterocycles. The molecule has 1 fully saturated rings. The number of carboxylic acid groups (broad SMARTS) is 1. The summed E-state index contributed by atoms with van der Waals surface area (Å²) in [5.74, 6) is -1.11. The zero-order chi connectivity index (χ0) is 13.7. The Morgan fingerprint density at radius 3 is 2.42 bits per heavy atom. The smallest absolute Gasteiger partial charge is 0.410 e. The van der Waals surface area contributed by atoms with Gasteiger partial charge in [0, 0.05) is 19.5 Å². The number of hydrogen-bond donors (Lipinski definition) is 1. The lowest BCUT2D eigenvalue weighted by atomic mass is 10.1. The SMILES string of the molecule is O=C(O)[C@H](Cc1ccccc1)OC(=O)N1CCCC1. The summed E-state index contributed by atoms with van der Waals surface area (Å²) >= 11 is 0. The third kappa shape index (κ3) is 3.71. The molecule has 0 unspecified atom stereocenters. The number of aliphatic carboxylic acids is 1. The maximum absolute atomic E-state index is 11.8. The first-order valence-electron chi connectivity index (χ1n) is 6.39. The molecular formula is C14H17NO4. The summed E-state index contributed by atoms with van der Waals surface area (Å²) in [5, 5.41) is 9.13. The Morgan fingerprint density at radius 2 is 1.84 bits per heavy atom. The maximum Gasteiger partial charge on any atom is 0.410 e. The van der Waals surface area contributed by atoms with Crippen LogP contribution in [0.25, 0.3) is 0 Å². The molecule has 5 nitrogen and oxygen atoms in total. The van der Waals surface area contributed by atoms with Gasteiger partial charge in [0.05, 0.1) is 0 Å². The fourth-order valence-electron chi connectivity index (χ4n) is 2.10. The maximum atomic E-state index is 11.8. The van der Waals surface area contributed by atoms with Crippen molar-refractivity contribution < 1.29 is 19.4 Å². The molecule has 1 heterocycles. The van der Waals surface area contributed by atoms with Crippen LogP contribution in [0.5, 0.6) is 0 Å². The second-order valence-corrected chi connectivity index (χ2v) is 4.59. The lowest BCUT2D eigenvalue weighted by Gasteiger charge is -2.19. The van der Waals surface area contributed by atoms with E-state index in [4.69, 9.17) is 9.84 Å². The van der Waals surface area contributed by atoms with Crippen LogP contribution in [0.2, 0.25) is 0 Å². The summed E-state index contributed by atoms with van der Waals surface area (Å²) < 4.78 is 5.09. The Balaban J connectivity index is 1.96. The number of amides is 1. The van der Waals surface area contributed by atoms with Crippen molar-refractivity contribution in [1.29, 1.82) is 0 Å². The number of carbonyl (C=O) groups excluding carboxylic acids is 1. The summed E-state index contributed by atoms with van der Waals surface area (Å²) in [5.41, 5.74) is 0.837. The molecule has 0 aliphatic carbocycles. The van der Waals surface area contributed by atoms with Crippen molar-refractivity contribution in [2.45, 2.75) is 25.4 Å². The zero-order valence-electron chi connectivity index (χ0n) is 10.6. The molecule has 1 amide bonds. The van der Waals surface area contributed by atoms with Gasteiger partial charge in [-0.05, 0) is 18.4 Å². The minimum absolute atomic E-state index is 0.190. The fraction of sp³-hybridized carbons (Fsp3) is 0.429. The van der Waals surface area contributed by atoms with Crippen LogP contribution in [-0.4, -0.2) is 41.3 Å². The molecule has 1 aromatic carbocycles.